The summed E-state index contributed by atoms with van der Waals surface area (Å²) in [7, 11) is 0. The normalized spacial score (nSPS) is 53.8. The van der Waals surface area contributed by atoms with E-state index in [-0.39, 0.29) is 34.0 Å². The smallest absolute Gasteiger partial charge is 0.309 e. The topological polar surface area (TPSA) is 74.6 Å². The average molecular weight is 471 g/mol. The molecule has 0 amide bonds. The van der Waals surface area contributed by atoms with E-state index in [0.29, 0.717) is 24.0 Å². The minimum atomic E-state index is -0.615. The number of allylic oxidation sites excluding steroid dienone is 1. The van der Waals surface area contributed by atoms with Gasteiger partial charge >= 0.3 is 5.97 Å². The minimum Gasteiger partial charge on any atom is -0.481 e. The van der Waals surface area contributed by atoms with Gasteiger partial charge in [0.05, 0.1) is 11.5 Å². The maximum atomic E-state index is 12.9. The number of hydrogen-bond donors (Lipinski definition) is 2. The largest absolute Gasteiger partial charge is 0.481 e. The van der Waals surface area contributed by atoms with Crippen molar-refractivity contribution in [2.75, 3.05) is 0 Å². The Morgan fingerprint density at radius 2 is 1.65 bits per heavy atom. The molecule has 0 saturated heterocycles. The van der Waals surface area contributed by atoms with Gasteiger partial charge in [-0.05, 0) is 98.2 Å². The van der Waals surface area contributed by atoms with Gasteiger partial charge in [0, 0.05) is 17.8 Å². The third kappa shape index (κ3) is 2.70. The summed E-state index contributed by atoms with van der Waals surface area (Å²) in [5, 5.41) is 22.2. The molecule has 5 rings (SSSR count). The van der Waals surface area contributed by atoms with Crippen LogP contribution in [-0.2, 0) is 9.59 Å². The van der Waals surface area contributed by atoms with Crippen molar-refractivity contribution in [2.24, 2.45) is 56.7 Å². The van der Waals surface area contributed by atoms with Crippen LogP contribution in [0, 0.1) is 56.7 Å². The van der Waals surface area contributed by atoms with Crippen LogP contribution >= 0.6 is 0 Å². The molecular weight excluding hydrogens is 424 g/mol. The Labute approximate surface area is 206 Å². The number of carboxylic acids is 1. The molecule has 34 heavy (non-hydrogen) atoms. The lowest BCUT2D eigenvalue weighted by Gasteiger charge is -2.72. The molecule has 0 heterocycles. The number of Topliss-reactive ketones (excluding diaryl/α,β-unsaturated/α-hetero) is 1. The van der Waals surface area contributed by atoms with Crippen molar-refractivity contribution in [3.63, 3.8) is 0 Å². The zero-order valence-electron chi connectivity index (χ0n) is 22.2. The predicted molar refractivity (Wildman–Crippen MR) is 133 cm³/mol. The van der Waals surface area contributed by atoms with Crippen molar-refractivity contribution in [3.05, 3.63) is 12.2 Å². The highest BCUT2D eigenvalue weighted by molar-refractivity contribution is 5.85. The van der Waals surface area contributed by atoms with E-state index in [4.69, 9.17) is 0 Å². The summed E-state index contributed by atoms with van der Waals surface area (Å²) in [6, 6.07) is 0. The number of fused-ring (bicyclic) bond motifs is 7. The molecule has 190 valence electrons. The van der Waals surface area contributed by atoms with Crippen molar-refractivity contribution < 1.29 is 19.8 Å². The van der Waals surface area contributed by atoms with Gasteiger partial charge in [-0.15, -0.1) is 0 Å². The summed E-state index contributed by atoms with van der Waals surface area (Å²) in [6.45, 7) is 17.8. The molecule has 0 radical (unpaired) electrons. The van der Waals surface area contributed by atoms with Gasteiger partial charge in [-0.1, -0.05) is 46.8 Å². The van der Waals surface area contributed by atoms with Crippen LogP contribution in [-0.4, -0.2) is 28.1 Å². The summed E-state index contributed by atoms with van der Waals surface area (Å²) >= 11 is 0. The molecule has 0 aromatic heterocycles. The first-order valence-corrected chi connectivity index (χ1v) is 13.8. The number of carboxylic acid groups (broad SMARTS) is 1. The molecule has 0 spiro atoms. The van der Waals surface area contributed by atoms with E-state index in [1.807, 2.05) is 0 Å². The number of carbonyl (C=O) groups excluding carboxylic acids is 1. The maximum absolute atomic E-state index is 12.9. The Hall–Kier alpha value is -1.16. The zero-order chi connectivity index (χ0) is 25.1. The van der Waals surface area contributed by atoms with Crippen LogP contribution in [0.4, 0.5) is 0 Å². The molecule has 4 nitrogen and oxygen atoms in total. The molecule has 4 heteroatoms. The summed E-state index contributed by atoms with van der Waals surface area (Å²) in [4.78, 5) is 25.7. The Balaban J connectivity index is 1.60. The molecular formula is C30H46O4. The highest BCUT2D eigenvalue weighted by Crippen LogP contribution is 2.77. The molecule has 2 N–H and O–H groups in total. The van der Waals surface area contributed by atoms with E-state index in [2.05, 4.69) is 48.1 Å². The number of aliphatic carboxylic acids is 1. The van der Waals surface area contributed by atoms with Gasteiger partial charge in [-0.25, -0.2) is 0 Å². The van der Waals surface area contributed by atoms with Crippen LogP contribution in [0.5, 0.6) is 0 Å². The number of aliphatic hydroxyl groups excluding tert-OH is 1. The van der Waals surface area contributed by atoms with Gasteiger partial charge in [0.1, 0.15) is 5.78 Å². The molecule has 0 aliphatic heterocycles. The van der Waals surface area contributed by atoms with E-state index in [1.165, 1.54) is 0 Å². The molecule has 5 aliphatic carbocycles. The molecule has 0 bridgehead atoms. The second-order valence-corrected chi connectivity index (χ2v) is 14.4. The number of ketones is 1. The Morgan fingerprint density at radius 1 is 0.971 bits per heavy atom. The Morgan fingerprint density at radius 3 is 2.26 bits per heavy atom. The lowest BCUT2D eigenvalue weighted by Crippen LogP contribution is -2.69. The summed E-state index contributed by atoms with van der Waals surface area (Å²) < 4.78 is 0. The van der Waals surface area contributed by atoms with Crippen molar-refractivity contribution in [2.45, 2.75) is 105 Å². The fraction of sp³-hybridized carbons (Fsp3) is 0.867. The van der Waals surface area contributed by atoms with Gasteiger partial charge in [0.2, 0.25) is 0 Å². The minimum absolute atomic E-state index is 0.00387. The van der Waals surface area contributed by atoms with Crippen LogP contribution < -0.4 is 0 Å². The fourth-order valence-corrected chi connectivity index (χ4v) is 11.5. The van der Waals surface area contributed by atoms with Crippen molar-refractivity contribution in [3.8, 4) is 0 Å². The molecule has 5 saturated carbocycles. The van der Waals surface area contributed by atoms with Crippen LogP contribution in [0.2, 0.25) is 0 Å². The molecule has 5 aliphatic rings. The molecule has 0 aromatic carbocycles. The summed E-state index contributed by atoms with van der Waals surface area (Å²) in [6.07, 6.45) is 7.24. The number of aliphatic hydroxyl groups is 1. The molecule has 10 atom stereocenters. The molecule has 0 aromatic rings. The van der Waals surface area contributed by atoms with E-state index in [1.54, 1.807) is 0 Å². The monoisotopic (exact) mass is 470 g/mol. The van der Waals surface area contributed by atoms with Gasteiger partial charge in [0.25, 0.3) is 0 Å². The lowest BCUT2D eigenvalue weighted by atomic mass is 9.32. The number of carbonyl (C=O) groups is 2. The zero-order valence-corrected chi connectivity index (χ0v) is 22.2. The highest BCUT2D eigenvalue weighted by atomic mass is 16.4. The summed E-state index contributed by atoms with van der Waals surface area (Å²) in [5.74, 6) is 0.916. The van der Waals surface area contributed by atoms with Gasteiger partial charge in [-0.3, -0.25) is 9.59 Å². The second-order valence-electron chi connectivity index (χ2n) is 14.4. The number of rotatable bonds is 2. The van der Waals surface area contributed by atoms with E-state index in [9.17, 15) is 19.8 Å². The average Bonchev–Trinajstić information content (AvgIpc) is 3.13. The van der Waals surface area contributed by atoms with Crippen LogP contribution in [0.1, 0.15) is 99.3 Å². The van der Waals surface area contributed by atoms with Crippen LogP contribution in [0.15, 0.2) is 12.2 Å². The van der Waals surface area contributed by atoms with Crippen molar-refractivity contribution in [1.29, 1.82) is 0 Å². The maximum Gasteiger partial charge on any atom is 0.309 e. The fourth-order valence-electron chi connectivity index (χ4n) is 11.5. The SMILES string of the molecule is C=C(C)C1CC[C@]2(C(=O)O)CC[C@]3(C)C(CCC4[C@@]5(C)CCC(=O)C(C)(C)C5[C@H](O)C[C@]43C)C12. The van der Waals surface area contributed by atoms with Gasteiger partial charge in [0.15, 0.2) is 0 Å². The van der Waals surface area contributed by atoms with Crippen molar-refractivity contribution >= 4 is 11.8 Å². The van der Waals surface area contributed by atoms with Crippen LogP contribution in [0.3, 0.4) is 0 Å². The number of hydrogen-bond acceptors (Lipinski definition) is 3. The predicted octanol–water partition coefficient (Wildman–Crippen LogP) is 6.27. The molecule has 5 unspecified atom stereocenters. The quantitative estimate of drug-likeness (QED) is 0.467. The lowest BCUT2D eigenvalue weighted by molar-refractivity contribution is -0.259. The first kappa shape index (κ1) is 24.5. The Kier molecular flexibility index (Phi) is 5.20. The van der Waals surface area contributed by atoms with Gasteiger partial charge in [-0.2, -0.15) is 0 Å². The standard InChI is InChI=1S/C30H46O4/c1-17(2)18-10-13-30(25(33)34)15-14-28(6)19(23(18)30)8-9-21-27(5)12-11-22(32)26(3,4)24(27)20(31)16-29(21,28)7/h18-21,23-24,31H,1,8-16H2,2-7H3,(H,33,34)/t18?,19?,20-,21?,23?,24?,27-,28-,29-,30+/m1/s1. The van der Waals surface area contributed by atoms with E-state index in [0.717, 1.165) is 56.9 Å². The third-order valence-corrected chi connectivity index (χ3v) is 13.1. The first-order valence-electron chi connectivity index (χ1n) is 13.8. The highest BCUT2D eigenvalue weighted by Gasteiger charge is 2.73. The summed E-state index contributed by atoms with van der Waals surface area (Å²) in [5.41, 5.74) is -0.110. The third-order valence-electron chi connectivity index (χ3n) is 13.1. The first-order chi connectivity index (χ1) is 15.7. The van der Waals surface area contributed by atoms with Gasteiger partial charge < -0.3 is 10.2 Å². The molecule has 5 fully saturated rings. The van der Waals surface area contributed by atoms with E-state index < -0.39 is 22.9 Å². The van der Waals surface area contributed by atoms with Crippen molar-refractivity contribution in [1.82, 2.24) is 0 Å². The Bertz CT molecular complexity index is 936. The second kappa shape index (κ2) is 7.20. The van der Waals surface area contributed by atoms with E-state index >= 15 is 0 Å². The van der Waals surface area contributed by atoms with Crippen LogP contribution in [0.25, 0.3) is 0 Å².